The zero-order valence-corrected chi connectivity index (χ0v) is 11.1. The fourth-order valence-corrected chi connectivity index (χ4v) is 1.78. The zero-order chi connectivity index (χ0) is 12.0. The molecule has 16 heavy (non-hydrogen) atoms. The molecule has 1 nitrogen and oxygen atoms in total. The molecular weight excluding hydrogens is 194 g/mol. The van der Waals surface area contributed by atoms with Crippen molar-refractivity contribution in [2.45, 2.75) is 53.1 Å². The lowest BCUT2D eigenvalue weighted by Gasteiger charge is -2.15. The smallest absolute Gasteiger partial charge is 0.0210 e. The standard InChI is InChI=1S/C15H25N/c1-12(2)9-10-14(4)16-11-15-8-6-5-7-13(15)3/h5-8,12,14,16H,9-11H2,1-4H3. The molecule has 1 aromatic carbocycles. The first-order chi connectivity index (χ1) is 7.59. The quantitative estimate of drug-likeness (QED) is 0.765. The minimum Gasteiger partial charge on any atom is -0.310 e. The zero-order valence-electron chi connectivity index (χ0n) is 11.1. The summed E-state index contributed by atoms with van der Waals surface area (Å²) in [4.78, 5) is 0. The van der Waals surface area contributed by atoms with Crippen LogP contribution in [0.1, 0.15) is 44.7 Å². The largest absolute Gasteiger partial charge is 0.310 e. The maximum Gasteiger partial charge on any atom is 0.0210 e. The van der Waals surface area contributed by atoms with Gasteiger partial charge < -0.3 is 5.32 Å². The molecule has 0 heterocycles. The second kappa shape index (κ2) is 6.70. The van der Waals surface area contributed by atoms with E-state index in [9.17, 15) is 0 Å². The van der Waals surface area contributed by atoms with Gasteiger partial charge in [-0.05, 0) is 43.7 Å². The van der Waals surface area contributed by atoms with Gasteiger partial charge in [0.15, 0.2) is 0 Å². The highest BCUT2D eigenvalue weighted by atomic mass is 14.9. The van der Waals surface area contributed by atoms with Crippen LogP contribution >= 0.6 is 0 Å². The van der Waals surface area contributed by atoms with Crippen LogP contribution in [0.4, 0.5) is 0 Å². The molecule has 0 spiro atoms. The van der Waals surface area contributed by atoms with Crippen molar-refractivity contribution in [2.24, 2.45) is 5.92 Å². The maximum absolute atomic E-state index is 3.60. The highest BCUT2D eigenvalue weighted by Crippen LogP contribution is 2.09. The van der Waals surface area contributed by atoms with Gasteiger partial charge in [0.05, 0.1) is 0 Å². The van der Waals surface area contributed by atoms with Gasteiger partial charge in [0.1, 0.15) is 0 Å². The number of aryl methyl sites for hydroxylation is 1. The van der Waals surface area contributed by atoms with Crippen LogP contribution in [0.2, 0.25) is 0 Å². The Morgan fingerprint density at radius 1 is 1.06 bits per heavy atom. The monoisotopic (exact) mass is 219 g/mol. The highest BCUT2D eigenvalue weighted by Gasteiger charge is 2.04. The first-order valence-corrected chi connectivity index (χ1v) is 6.37. The lowest BCUT2D eigenvalue weighted by atomic mass is 10.0. The normalized spacial score (nSPS) is 13.1. The van der Waals surface area contributed by atoms with Crippen LogP contribution in [0.5, 0.6) is 0 Å². The Morgan fingerprint density at radius 3 is 2.38 bits per heavy atom. The van der Waals surface area contributed by atoms with Crippen molar-refractivity contribution in [1.82, 2.24) is 5.32 Å². The van der Waals surface area contributed by atoms with Crippen molar-refractivity contribution < 1.29 is 0 Å². The van der Waals surface area contributed by atoms with Crippen LogP contribution in [0.3, 0.4) is 0 Å². The summed E-state index contributed by atoms with van der Waals surface area (Å²) in [6.07, 6.45) is 2.57. The second-order valence-electron chi connectivity index (χ2n) is 5.18. The predicted octanol–water partition coefficient (Wildman–Crippen LogP) is 3.91. The van der Waals surface area contributed by atoms with Gasteiger partial charge in [-0.1, -0.05) is 38.1 Å². The van der Waals surface area contributed by atoms with Crippen molar-refractivity contribution in [3.63, 3.8) is 0 Å². The molecule has 0 saturated heterocycles. The Bertz CT molecular complexity index is 304. The number of nitrogens with one attached hydrogen (secondary N) is 1. The Hall–Kier alpha value is -0.820. The number of rotatable bonds is 6. The molecule has 90 valence electrons. The maximum atomic E-state index is 3.60. The van der Waals surface area contributed by atoms with Crippen molar-refractivity contribution in [1.29, 1.82) is 0 Å². The van der Waals surface area contributed by atoms with Gasteiger partial charge >= 0.3 is 0 Å². The first-order valence-electron chi connectivity index (χ1n) is 6.37. The van der Waals surface area contributed by atoms with Gasteiger partial charge in [-0.2, -0.15) is 0 Å². The Morgan fingerprint density at radius 2 is 1.75 bits per heavy atom. The minimum absolute atomic E-state index is 0.613. The summed E-state index contributed by atoms with van der Waals surface area (Å²) in [5, 5.41) is 3.60. The highest BCUT2D eigenvalue weighted by molar-refractivity contribution is 5.25. The molecule has 1 atom stereocenters. The van der Waals surface area contributed by atoms with Gasteiger partial charge in [0, 0.05) is 12.6 Å². The number of hydrogen-bond acceptors (Lipinski definition) is 1. The molecule has 1 rings (SSSR count). The summed E-state index contributed by atoms with van der Waals surface area (Å²) < 4.78 is 0. The fourth-order valence-electron chi connectivity index (χ4n) is 1.78. The molecule has 0 aliphatic rings. The molecule has 0 aromatic heterocycles. The van der Waals surface area contributed by atoms with Crippen molar-refractivity contribution in [3.05, 3.63) is 35.4 Å². The van der Waals surface area contributed by atoms with Crippen molar-refractivity contribution in [3.8, 4) is 0 Å². The van der Waals surface area contributed by atoms with E-state index in [4.69, 9.17) is 0 Å². The number of hydrogen-bond donors (Lipinski definition) is 1. The molecule has 1 N–H and O–H groups in total. The van der Waals surface area contributed by atoms with Crippen LogP contribution in [0, 0.1) is 12.8 Å². The minimum atomic E-state index is 0.613. The van der Waals surface area contributed by atoms with Crippen LogP contribution in [0.15, 0.2) is 24.3 Å². The van der Waals surface area contributed by atoms with Crippen LogP contribution in [0.25, 0.3) is 0 Å². The van der Waals surface area contributed by atoms with Crippen LogP contribution in [-0.4, -0.2) is 6.04 Å². The van der Waals surface area contributed by atoms with E-state index in [0.717, 1.165) is 12.5 Å². The molecule has 0 aliphatic carbocycles. The van der Waals surface area contributed by atoms with E-state index in [0.29, 0.717) is 6.04 Å². The molecular formula is C15H25N. The van der Waals surface area contributed by atoms with Gasteiger partial charge in [-0.25, -0.2) is 0 Å². The van der Waals surface area contributed by atoms with Gasteiger partial charge in [0.25, 0.3) is 0 Å². The molecule has 0 bridgehead atoms. The average molecular weight is 219 g/mol. The van der Waals surface area contributed by atoms with E-state index in [1.807, 2.05) is 0 Å². The second-order valence-corrected chi connectivity index (χ2v) is 5.18. The van der Waals surface area contributed by atoms with Crippen molar-refractivity contribution in [2.75, 3.05) is 0 Å². The molecule has 1 aromatic rings. The van der Waals surface area contributed by atoms with Crippen LogP contribution < -0.4 is 5.32 Å². The molecule has 0 radical (unpaired) electrons. The molecule has 1 heteroatoms. The Labute approximate surface area is 100 Å². The van der Waals surface area contributed by atoms with E-state index in [2.05, 4.69) is 57.3 Å². The van der Waals surface area contributed by atoms with E-state index in [-0.39, 0.29) is 0 Å². The summed E-state index contributed by atoms with van der Waals surface area (Å²) in [5.74, 6) is 0.808. The number of benzene rings is 1. The van der Waals surface area contributed by atoms with E-state index < -0.39 is 0 Å². The van der Waals surface area contributed by atoms with Crippen LogP contribution in [-0.2, 0) is 6.54 Å². The van der Waals surface area contributed by atoms with Gasteiger partial charge in [-0.15, -0.1) is 0 Å². The predicted molar refractivity (Wildman–Crippen MR) is 71.6 cm³/mol. The average Bonchev–Trinajstić information content (AvgIpc) is 2.25. The first kappa shape index (κ1) is 13.2. The fraction of sp³-hybridized carbons (Fsp3) is 0.600. The summed E-state index contributed by atoms with van der Waals surface area (Å²) in [5.41, 5.74) is 2.80. The summed E-state index contributed by atoms with van der Waals surface area (Å²) in [6.45, 7) is 10.0. The third kappa shape index (κ3) is 4.80. The molecule has 0 fully saturated rings. The third-order valence-corrected chi connectivity index (χ3v) is 3.08. The van der Waals surface area contributed by atoms with E-state index in [1.165, 1.54) is 24.0 Å². The van der Waals surface area contributed by atoms with E-state index >= 15 is 0 Å². The summed E-state index contributed by atoms with van der Waals surface area (Å²) in [7, 11) is 0. The topological polar surface area (TPSA) is 12.0 Å². The molecule has 0 aliphatic heterocycles. The lowest BCUT2D eigenvalue weighted by molar-refractivity contribution is 0.450. The van der Waals surface area contributed by atoms with Gasteiger partial charge in [0.2, 0.25) is 0 Å². The van der Waals surface area contributed by atoms with Gasteiger partial charge in [-0.3, -0.25) is 0 Å². The summed E-state index contributed by atoms with van der Waals surface area (Å²) in [6, 6.07) is 9.21. The molecule has 0 saturated carbocycles. The molecule has 1 unspecified atom stereocenters. The van der Waals surface area contributed by atoms with E-state index in [1.54, 1.807) is 0 Å². The Kier molecular flexibility index (Phi) is 5.54. The Balaban J connectivity index is 2.31. The summed E-state index contributed by atoms with van der Waals surface area (Å²) >= 11 is 0. The SMILES string of the molecule is Cc1ccccc1CNC(C)CCC(C)C. The van der Waals surface area contributed by atoms with Crippen molar-refractivity contribution >= 4 is 0 Å². The third-order valence-electron chi connectivity index (χ3n) is 3.08. The lowest BCUT2D eigenvalue weighted by Crippen LogP contribution is -2.26. The molecule has 0 amide bonds.